The molecule has 0 aromatic heterocycles. The summed E-state index contributed by atoms with van der Waals surface area (Å²) in [6.07, 6.45) is 20.0. The summed E-state index contributed by atoms with van der Waals surface area (Å²) in [5, 5.41) is 0. The van der Waals surface area contributed by atoms with Crippen molar-refractivity contribution in [3.05, 3.63) is 0 Å². The summed E-state index contributed by atoms with van der Waals surface area (Å²) in [6, 6.07) is 0. The van der Waals surface area contributed by atoms with Gasteiger partial charge in [0.15, 0.2) is 0 Å². The van der Waals surface area contributed by atoms with E-state index in [1.165, 1.54) is 38.5 Å². The summed E-state index contributed by atoms with van der Waals surface area (Å²) in [7, 11) is 0. The minimum atomic E-state index is 0.536. The standard InChI is InChI=1S/C24H44/c1-5-8-19-13-16-22(23(19)17-18-9-6-7-10-18)20-11-14-21(15-12-20)24(2,3)4/h18-23H,5-17H2,1-4H3. The second kappa shape index (κ2) is 8.13. The largest absolute Gasteiger partial charge is 0.0654 e. The monoisotopic (exact) mass is 332 g/mol. The molecule has 0 radical (unpaired) electrons. The molecule has 0 nitrogen and oxygen atoms in total. The molecule has 3 fully saturated rings. The lowest BCUT2D eigenvalue weighted by atomic mass is 9.65. The Balaban J connectivity index is 1.60. The van der Waals surface area contributed by atoms with Gasteiger partial charge in [0.25, 0.3) is 0 Å². The van der Waals surface area contributed by atoms with E-state index < -0.39 is 0 Å². The van der Waals surface area contributed by atoms with Crippen LogP contribution in [0.4, 0.5) is 0 Å². The molecule has 3 saturated carbocycles. The molecule has 0 saturated heterocycles. The van der Waals surface area contributed by atoms with E-state index in [-0.39, 0.29) is 0 Å². The Morgan fingerprint density at radius 2 is 1.46 bits per heavy atom. The lowest BCUT2D eigenvalue weighted by Gasteiger charge is -2.41. The minimum absolute atomic E-state index is 0.536. The SMILES string of the molecule is CCCC1CCC(C2CCC(C(C)(C)C)CC2)C1CC1CCCC1. The molecule has 140 valence electrons. The van der Waals surface area contributed by atoms with Crippen LogP contribution >= 0.6 is 0 Å². The van der Waals surface area contributed by atoms with Crippen molar-refractivity contribution < 1.29 is 0 Å². The van der Waals surface area contributed by atoms with Gasteiger partial charge in [-0.15, -0.1) is 0 Å². The van der Waals surface area contributed by atoms with Gasteiger partial charge in [0.05, 0.1) is 0 Å². The Kier molecular flexibility index (Phi) is 6.36. The number of hydrogen-bond acceptors (Lipinski definition) is 0. The molecular formula is C24H44. The molecule has 3 aliphatic carbocycles. The van der Waals surface area contributed by atoms with Crippen molar-refractivity contribution in [3.8, 4) is 0 Å². The van der Waals surface area contributed by atoms with E-state index >= 15 is 0 Å². The van der Waals surface area contributed by atoms with Crippen molar-refractivity contribution in [2.45, 2.75) is 111 Å². The molecule has 3 atom stereocenters. The van der Waals surface area contributed by atoms with Crippen molar-refractivity contribution in [2.24, 2.45) is 40.9 Å². The number of rotatable bonds is 5. The zero-order chi connectivity index (χ0) is 17.2. The molecule has 0 aliphatic heterocycles. The molecule has 0 heterocycles. The summed E-state index contributed by atoms with van der Waals surface area (Å²) in [5.74, 6) is 6.45. The van der Waals surface area contributed by atoms with Crippen LogP contribution in [-0.2, 0) is 0 Å². The van der Waals surface area contributed by atoms with Gasteiger partial charge < -0.3 is 0 Å². The first-order valence-corrected chi connectivity index (χ1v) is 11.5. The first-order chi connectivity index (χ1) is 11.5. The fourth-order valence-corrected chi connectivity index (χ4v) is 6.91. The van der Waals surface area contributed by atoms with Gasteiger partial charge in [-0.2, -0.15) is 0 Å². The van der Waals surface area contributed by atoms with E-state index in [0.717, 1.165) is 35.5 Å². The highest BCUT2D eigenvalue weighted by Crippen LogP contribution is 2.52. The molecular weight excluding hydrogens is 288 g/mol. The van der Waals surface area contributed by atoms with Gasteiger partial charge in [-0.1, -0.05) is 66.2 Å². The van der Waals surface area contributed by atoms with Crippen LogP contribution in [0.3, 0.4) is 0 Å². The van der Waals surface area contributed by atoms with Crippen LogP contribution in [-0.4, -0.2) is 0 Å². The lowest BCUT2D eigenvalue weighted by Crippen LogP contribution is -2.31. The van der Waals surface area contributed by atoms with Gasteiger partial charge in [0.2, 0.25) is 0 Å². The summed E-state index contributed by atoms with van der Waals surface area (Å²) < 4.78 is 0. The maximum atomic E-state index is 2.47. The second-order valence-electron chi connectivity index (χ2n) is 10.8. The Morgan fingerprint density at radius 3 is 2.04 bits per heavy atom. The molecule has 0 aromatic rings. The fraction of sp³-hybridized carbons (Fsp3) is 1.00. The van der Waals surface area contributed by atoms with Gasteiger partial charge in [0, 0.05) is 0 Å². The molecule has 0 bridgehead atoms. The predicted octanol–water partition coefficient (Wildman–Crippen LogP) is 7.86. The van der Waals surface area contributed by atoms with Crippen molar-refractivity contribution in [1.82, 2.24) is 0 Å². The molecule has 0 heteroatoms. The Hall–Kier alpha value is 0. The average molecular weight is 333 g/mol. The van der Waals surface area contributed by atoms with E-state index in [1.807, 2.05) is 0 Å². The highest BCUT2D eigenvalue weighted by molar-refractivity contribution is 4.92. The maximum absolute atomic E-state index is 2.47. The van der Waals surface area contributed by atoms with E-state index in [9.17, 15) is 0 Å². The van der Waals surface area contributed by atoms with Crippen LogP contribution in [0.25, 0.3) is 0 Å². The highest BCUT2D eigenvalue weighted by atomic mass is 14.5. The first-order valence-electron chi connectivity index (χ1n) is 11.5. The summed E-state index contributed by atoms with van der Waals surface area (Å²) in [5.41, 5.74) is 0.536. The predicted molar refractivity (Wildman–Crippen MR) is 106 cm³/mol. The van der Waals surface area contributed by atoms with Gasteiger partial charge in [-0.25, -0.2) is 0 Å². The summed E-state index contributed by atoms with van der Waals surface area (Å²) in [4.78, 5) is 0. The quantitative estimate of drug-likeness (QED) is 0.480. The summed E-state index contributed by atoms with van der Waals surface area (Å²) >= 11 is 0. The molecule has 0 N–H and O–H groups in total. The Bertz CT molecular complexity index is 362. The molecule has 3 aliphatic rings. The van der Waals surface area contributed by atoms with E-state index in [0.29, 0.717) is 5.41 Å². The van der Waals surface area contributed by atoms with Crippen molar-refractivity contribution in [1.29, 1.82) is 0 Å². The Morgan fingerprint density at radius 1 is 0.792 bits per heavy atom. The second-order valence-corrected chi connectivity index (χ2v) is 10.8. The summed E-state index contributed by atoms with van der Waals surface area (Å²) in [6.45, 7) is 9.81. The van der Waals surface area contributed by atoms with Gasteiger partial charge in [-0.05, 0) is 85.9 Å². The lowest BCUT2D eigenvalue weighted by molar-refractivity contribution is 0.0960. The van der Waals surface area contributed by atoms with Gasteiger partial charge in [-0.3, -0.25) is 0 Å². The molecule has 0 amide bonds. The number of hydrogen-bond donors (Lipinski definition) is 0. The third-order valence-corrected chi connectivity index (χ3v) is 8.37. The van der Waals surface area contributed by atoms with Crippen molar-refractivity contribution in [2.75, 3.05) is 0 Å². The maximum Gasteiger partial charge on any atom is -0.0352 e. The first kappa shape index (κ1) is 18.8. The normalized spacial score (nSPS) is 38.8. The van der Waals surface area contributed by atoms with Crippen LogP contribution in [0.2, 0.25) is 0 Å². The van der Waals surface area contributed by atoms with Gasteiger partial charge >= 0.3 is 0 Å². The van der Waals surface area contributed by atoms with Crippen LogP contribution in [0.15, 0.2) is 0 Å². The Labute approximate surface area is 152 Å². The zero-order valence-electron chi connectivity index (χ0n) is 17.2. The third-order valence-electron chi connectivity index (χ3n) is 8.37. The smallest absolute Gasteiger partial charge is 0.0352 e. The molecule has 3 unspecified atom stereocenters. The molecule has 24 heavy (non-hydrogen) atoms. The highest BCUT2D eigenvalue weighted by Gasteiger charge is 2.42. The fourth-order valence-electron chi connectivity index (χ4n) is 6.91. The van der Waals surface area contributed by atoms with Gasteiger partial charge in [0.1, 0.15) is 0 Å². The van der Waals surface area contributed by atoms with E-state index in [4.69, 9.17) is 0 Å². The van der Waals surface area contributed by atoms with E-state index in [1.54, 1.807) is 44.9 Å². The van der Waals surface area contributed by atoms with Crippen molar-refractivity contribution >= 4 is 0 Å². The minimum Gasteiger partial charge on any atom is -0.0654 e. The molecule has 3 rings (SSSR count). The molecule has 0 spiro atoms. The van der Waals surface area contributed by atoms with Crippen molar-refractivity contribution in [3.63, 3.8) is 0 Å². The topological polar surface area (TPSA) is 0 Å². The van der Waals surface area contributed by atoms with Crippen LogP contribution in [0.5, 0.6) is 0 Å². The zero-order valence-corrected chi connectivity index (χ0v) is 17.2. The van der Waals surface area contributed by atoms with E-state index in [2.05, 4.69) is 27.7 Å². The molecule has 0 aromatic carbocycles. The van der Waals surface area contributed by atoms with Crippen LogP contribution in [0, 0.1) is 40.9 Å². The van der Waals surface area contributed by atoms with Crippen LogP contribution < -0.4 is 0 Å². The third kappa shape index (κ3) is 4.39. The average Bonchev–Trinajstić information content (AvgIpc) is 3.18. The van der Waals surface area contributed by atoms with Crippen LogP contribution in [0.1, 0.15) is 111 Å².